The van der Waals surface area contributed by atoms with Crippen LogP contribution in [0.1, 0.15) is 21.6 Å². The van der Waals surface area contributed by atoms with Gasteiger partial charge in [-0.2, -0.15) is 5.10 Å². The number of hydrogen-bond donors (Lipinski definition) is 3. The van der Waals surface area contributed by atoms with E-state index < -0.39 is 24.0 Å². The number of rotatable bonds is 4. The number of aromatic hydroxyl groups is 1. The molecule has 3 aromatic rings. The van der Waals surface area contributed by atoms with Crippen LogP contribution in [-0.2, 0) is 6.54 Å². The van der Waals surface area contributed by atoms with Gasteiger partial charge in [-0.3, -0.25) is 14.8 Å². The minimum Gasteiger partial charge on any atom is -0.507 e. The molecule has 1 amide bonds. The molecule has 0 bridgehead atoms. The molecule has 5 rings (SSSR count). The van der Waals surface area contributed by atoms with Crippen molar-refractivity contribution in [2.45, 2.75) is 12.9 Å². The largest absolute Gasteiger partial charge is 0.573 e. The molecule has 36 heavy (non-hydrogen) atoms. The minimum atomic E-state index is -4.86. The van der Waals surface area contributed by atoms with Crippen molar-refractivity contribution in [3.05, 3.63) is 52.9 Å². The number of aromatic amines is 1. The first-order chi connectivity index (χ1) is 17.1. The first-order valence-electron chi connectivity index (χ1n) is 10.8. The number of aromatic nitrogens is 2. The fraction of sp³-hybridized carbons (Fsp3) is 0.261. The Morgan fingerprint density at radius 2 is 1.94 bits per heavy atom. The lowest BCUT2D eigenvalue weighted by molar-refractivity contribution is -0.274. The molecule has 1 fully saturated rings. The van der Waals surface area contributed by atoms with Gasteiger partial charge in [0.15, 0.2) is 5.76 Å². The molecule has 188 valence electrons. The first kappa shape index (κ1) is 23.5. The van der Waals surface area contributed by atoms with Crippen molar-refractivity contribution in [3.8, 4) is 17.2 Å². The summed E-state index contributed by atoms with van der Waals surface area (Å²) < 4.78 is 47.6. The standard InChI is InChI=1S/C23H19F3N4O6/c24-23(25,26)36-12-1-3-16-14(9-12)17(28-27-16)10-19-20(32)13-2-4-18(31)15(21(13)35-19)11-29-5-7-30(8-6-29)22(33)34/h1-4,9-10,31H,5-8,11H2,(H,27,28)(H,33,34). The molecule has 0 saturated carbocycles. The number of carbonyl (C=O) groups is 2. The van der Waals surface area contributed by atoms with Crippen LogP contribution in [0.5, 0.6) is 17.2 Å². The molecular weight excluding hydrogens is 485 g/mol. The highest BCUT2D eigenvalue weighted by Crippen LogP contribution is 2.40. The molecule has 1 saturated heterocycles. The molecule has 2 aliphatic heterocycles. The second-order valence-corrected chi connectivity index (χ2v) is 8.29. The Hall–Kier alpha value is -4.26. The summed E-state index contributed by atoms with van der Waals surface area (Å²) in [5.74, 6) is -0.924. The number of ketones is 1. The van der Waals surface area contributed by atoms with Gasteiger partial charge in [-0.15, -0.1) is 13.2 Å². The van der Waals surface area contributed by atoms with Crippen molar-refractivity contribution < 1.29 is 42.4 Å². The fourth-order valence-electron chi connectivity index (χ4n) is 4.22. The van der Waals surface area contributed by atoms with E-state index in [-0.39, 0.29) is 40.4 Å². The normalized spacial score (nSPS) is 17.5. The van der Waals surface area contributed by atoms with Crippen LogP contribution in [0.15, 0.2) is 36.1 Å². The van der Waals surface area contributed by atoms with Gasteiger partial charge in [-0.25, -0.2) is 4.79 Å². The van der Waals surface area contributed by atoms with E-state index in [1.165, 1.54) is 29.2 Å². The van der Waals surface area contributed by atoms with Crippen LogP contribution in [0.3, 0.4) is 0 Å². The molecule has 0 unspecified atom stereocenters. The van der Waals surface area contributed by atoms with E-state index >= 15 is 0 Å². The van der Waals surface area contributed by atoms with Crippen LogP contribution in [-0.4, -0.2) is 74.6 Å². The number of nitrogens with one attached hydrogen (secondary N) is 1. The predicted octanol–water partition coefficient (Wildman–Crippen LogP) is 3.58. The van der Waals surface area contributed by atoms with Crippen LogP contribution in [0.4, 0.5) is 18.0 Å². The van der Waals surface area contributed by atoms with Crippen molar-refractivity contribution in [2.75, 3.05) is 26.2 Å². The second-order valence-electron chi connectivity index (χ2n) is 8.29. The number of halogens is 3. The van der Waals surface area contributed by atoms with Gasteiger partial charge in [0.2, 0.25) is 5.78 Å². The number of fused-ring (bicyclic) bond motifs is 2. The van der Waals surface area contributed by atoms with E-state index in [9.17, 15) is 27.9 Å². The Bertz CT molecular complexity index is 1390. The third-order valence-electron chi connectivity index (χ3n) is 6.01. The average molecular weight is 504 g/mol. The minimum absolute atomic E-state index is 0.0809. The third kappa shape index (κ3) is 4.52. The number of nitrogens with zero attached hydrogens (tertiary/aromatic N) is 3. The lowest BCUT2D eigenvalue weighted by Crippen LogP contribution is -2.47. The van der Waals surface area contributed by atoms with Gasteiger partial charge < -0.3 is 24.6 Å². The summed E-state index contributed by atoms with van der Waals surface area (Å²) in [5.41, 5.74) is 1.20. The fourth-order valence-corrected chi connectivity index (χ4v) is 4.22. The van der Waals surface area contributed by atoms with Crippen LogP contribution < -0.4 is 9.47 Å². The Morgan fingerprint density at radius 3 is 2.64 bits per heavy atom. The smallest absolute Gasteiger partial charge is 0.507 e. The summed E-state index contributed by atoms with van der Waals surface area (Å²) in [5, 5.41) is 26.6. The number of alkyl halides is 3. The maximum absolute atomic E-state index is 13.0. The summed E-state index contributed by atoms with van der Waals surface area (Å²) in [4.78, 5) is 27.4. The Morgan fingerprint density at radius 1 is 1.19 bits per heavy atom. The van der Waals surface area contributed by atoms with Gasteiger partial charge in [0.25, 0.3) is 0 Å². The number of phenolic OH excluding ortho intramolecular Hbond substituents is 1. The zero-order valence-corrected chi connectivity index (χ0v) is 18.5. The molecule has 3 heterocycles. The van der Waals surface area contributed by atoms with Crippen molar-refractivity contribution in [3.63, 3.8) is 0 Å². The summed E-state index contributed by atoms with van der Waals surface area (Å²) >= 11 is 0. The van der Waals surface area contributed by atoms with Crippen molar-refractivity contribution >= 4 is 28.9 Å². The molecule has 10 nitrogen and oxygen atoms in total. The van der Waals surface area contributed by atoms with Crippen LogP contribution in [0, 0.1) is 0 Å². The van der Waals surface area contributed by atoms with E-state index in [0.717, 1.165) is 12.1 Å². The Labute approximate surface area is 201 Å². The first-order valence-corrected chi connectivity index (χ1v) is 10.8. The number of H-pyrrole nitrogens is 1. The van der Waals surface area contributed by atoms with Crippen molar-refractivity contribution in [2.24, 2.45) is 0 Å². The van der Waals surface area contributed by atoms with Crippen LogP contribution in [0.2, 0.25) is 0 Å². The van der Waals surface area contributed by atoms with Gasteiger partial charge in [0.1, 0.15) is 17.2 Å². The molecule has 0 aliphatic carbocycles. The number of amides is 1. The molecule has 0 radical (unpaired) electrons. The van der Waals surface area contributed by atoms with Crippen molar-refractivity contribution in [1.29, 1.82) is 0 Å². The second kappa shape index (κ2) is 8.75. The van der Waals surface area contributed by atoms with E-state index in [1.807, 2.05) is 4.90 Å². The van der Waals surface area contributed by atoms with E-state index in [2.05, 4.69) is 14.9 Å². The molecule has 0 spiro atoms. The van der Waals surface area contributed by atoms with Gasteiger partial charge in [0, 0.05) is 44.2 Å². The lowest BCUT2D eigenvalue weighted by atomic mass is 10.0. The van der Waals surface area contributed by atoms with E-state index in [1.54, 1.807) is 0 Å². The number of phenols is 1. The molecule has 2 aliphatic rings. The molecule has 13 heteroatoms. The topological polar surface area (TPSA) is 128 Å². The highest BCUT2D eigenvalue weighted by molar-refractivity contribution is 6.15. The molecule has 2 aromatic carbocycles. The molecule has 3 N–H and O–H groups in total. The number of carboxylic acid groups (broad SMARTS) is 1. The molecule has 1 aromatic heterocycles. The van der Waals surface area contributed by atoms with Crippen LogP contribution in [0.25, 0.3) is 17.0 Å². The SMILES string of the molecule is O=C1C(=Cc2n[nH]c3ccc(OC(F)(F)F)cc23)Oc2c1ccc(O)c2CN1CCN(C(=O)O)CC1. The summed E-state index contributed by atoms with van der Waals surface area (Å²) in [6.07, 6.45) is -4.55. The molecular formula is C23H19F3N4O6. The number of Topliss-reactive ketones (excluding diaryl/α,β-unsaturated/α-hetero) is 1. The lowest BCUT2D eigenvalue weighted by Gasteiger charge is -2.33. The quantitative estimate of drug-likeness (QED) is 0.460. The Balaban J connectivity index is 1.41. The van der Waals surface area contributed by atoms with Gasteiger partial charge >= 0.3 is 12.5 Å². The van der Waals surface area contributed by atoms with Gasteiger partial charge in [0.05, 0.1) is 22.3 Å². The van der Waals surface area contributed by atoms with Gasteiger partial charge in [-0.1, -0.05) is 0 Å². The number of benzene rings is 2. The number of piperazine rings is 1. The average Bonchev–Trinajstić information content (AvgIpc) is 3.36. The van der Waals surface area contributed by atoms with Gasteiger partial charge in [-0.05, 0) is 30.3 Å². The maximum Gasteiger partial charge on any atom is 0.573 e. The Kier molecular flexibility index (Phi) is 5.71. The number of hydrogen-bond acceptors (Lipinski definition) is 7. The number of allylic oxidation sites excluding steroid dienone is 1. The summed E-state index contributed by atoms with van der Waals surface area (Å²) in [7, 11) is 0. The number of carbonyl (C=O) groups excluding carboxylic acids is 1. The zero-order chi connectivity index (χ0) is 25.6. The summed E-state index contributed by atoms with van der Waals surface area (Å²) in [6, 6.07) is 6.48. The highest BCUT2D eigenvalue weighted by Gasteiger charge is 2.33. The predicted molar refractivity (Wildman–Crippen MR) is 119 cm³/mol. The van der Waals surface area contributed by atoms with E-state index in [0.29, 0.717) is 37.3 Å². The van der Waals surface area contributed by atoms with Crippen LogP contribution >= 0.6 is 0 Å². The monoisotopic (exact) mass is 504 g/mol. The maximum atomic E-state index is 13.0. The van der Waals surface area contributed by atoms with E-state index in [4.69, 9.17) is 9.84 Å². The third-order valence-corrected chi connectivity index (χ3v) is 6.01. The highest BCUT2D eigenvalue weighted by atomic mass is 19.4. The number of ether oxygens (including phenoxy) is 2. The molecule has 0 atom stereocenters. The summed E-state index contributed by atoms with van der Waals surface area (Å²) in [6.45, 7) is 1.72. The van der Waals surface area contributed by atoms with Crippen molar-refractivity contribution in [1.82, 2.24) is 20.0 Å². The zero-order valence-electron chi connectivity index (χ0n) is 18.5.